The maximum absolute atomic E-state index is 11.9. The molecule has 2 aromatic rings. The minimum atomic E-state index is -0.264. The molecule has 0 aliphatic heterocycles. The fraction of sp³-hybridized carbons (Fsp3) is 0.250. The van der Waals surface area contributed by atoms with Crippen molar-refractivity contribution >= 4 is 5.91 Å². The third-order valence-electron chi connectivity index (χ3n) is 2.94. The van der Waals surface area contributed by atoms with Gasteiger partial charge < -0.3 is 20.9 Å². The first-order chi connectivity index (χ1) is 10.6. The van der Waals surface area contributed by atoms with E-state index in [1.807, 2.05) is 13.0 Å². The van der Waals surface area contributed by atoms with Gasteiger partial charge in [-0.3, -0.25) is 4.79 Å². The van der Waals surface area contributed by atoms with E-state index in [0.717, 1.165) is 11.3 Å². The van der Waals surface area contributed by atoms with Gasteiger partial charge in [0.2, 0.25) is 5.88 Å². The molecule has 0 bridgehead atoms. The molecule has 4 N–H and O–H groups in total. The van der Waals surface area contributed by atoms with Crippen molar-refractivity contribution in [2.75, 3.05) is 13.2 Å². The Balaban J connectivity index is 2.16. The van der Waals surface area contributed by atoms with Crippen molar-refractivity contribution in [2.24, 2.45) is 5.73 Å². The van der Waals surface area contributed by atoms with Gasteiger partial charge in [-0.05, 0) is 36.8 Å². The summed E-state index contributed by atoms with van der Waals surface area (Å²) in [6.07, 6.45) is 0. The molecule has 1 aromatic heterocycles. The highest BCUT2D eigenvalue weighted by Crippen LogP contribution is 2.22. The van der Waals surface area contributed by atoms with Crippen molar-refractivity contribution in [3.63, 3.8) is 0 Å². The average molecular weight is 301 g/mol. The van der Waals surface area contributed by atoms with Gasteiger partial charge in [0.15, 0.2) is 0 Å². The standard InChI is InChI=1S/C16H19N3O3/c1-11-7-12(10-17)8-15(19-11)22-14-4-2-3-13(9-14)16(21)18-5-6-20/h2-4,7-9,20H,5-6,10,17H2,1H3,(H,18,21). The zero-order valence-corrected chi connectivity index (χ0v) is 12.4. The highest BCUT2D eigenvalue weighted by atomic mass is 16.5. The van der Waals surface area contributed by atoms with E-state index in [9.17, 15) is 4.79 Å². The van der Waals surface area contributed by atoms with Crippen molar-refractivity contribution < 1.29 is 14.6 Å². The van der Waals surface area contributed by atoms with Gasteiger partial charge in [-0.1, -0.05) is 6.07 Å². The number of aryl methyl sites for hydroxylation is 1. The van der Waals surface area contributed by atoms with Crippen LogP contribution in [0.4, 0.5) is 0 Å². The quantitative estimate of drug-likeness (QED) is 0.748. The number of benzene rings is 1. The van der Waals surface area contributed by atoms with Crippen molar-refractivity contribution in [1.29, 1.82) is 0 Å². The van der Waals surface area contributed by atoms with Crippen LogP contribution in [0.25, 0.3) is 0 Å². The Morgan fingerprint density at radius 1 is 1.36 bits per heavy atom. The first-order valence-electron chi connectivity index (χ1n) is 6.97. The number of nitrogens with zero attached hydrogens (tertiary/aromatic N) is 1. The van der Waals surface area contributed by atoms with Crippen LogP contribution in [-0.2, 0) is 6.54 Å². The molecule has 116 valence electrons. The van der Waals surface area contributed by atoms with Crippen LogP contribution in [-0.4, -0.2) is 29.1 Å². The fourth-order valence-electron chi connectivity index (χ4n) is 1.97. The third-order valence-corrected chi connectivity index (χ3v) is 2.94. The van der Waals surface area contributed by atoms with Gasteiger partial charge in [-0.15, -0.1) is 0 Å². The first-order valence-corrected chi connectivity index (χ1v) is 6.97. The zero-order chi connectivity index (χ0) is 15.9. The van der Waals surface area contributed by atoms with Crippen molar-refractivity contribution in [2.45, 2.75) is 13.5 Å². The molecule has 0 fully saturated rings. The highest BCUT2D eigenvalue weighted by molar-refractivity contribution is 5.94. The van der Waals surface area contributed by atoms with Gasteiger partial charge in [0, 0.05) is 30.4 Å². The molecule has 1 amide bonds. The monoisotopic (exact) mass is 301 g/mol. The number of hydrogen-bond donors (Lipinski definition) is 3. The molecule has 0 unspecified atom stereocenters. The van der Waals surface area contributed by atoms with Crippen LogP contribution in [0, 0.1) is 6.92 Å². The Bertz CT molecular complexity index is 659. The summed E-state index contributed by atoms with van der Waals surface area (Å²) in [7, 11) is 0. The molecule has 0 saturated carbocycles. The third kappa shape index (κ3) is 4.28. The van der Waals surface area contributed by atoms with E-state index in [1.165, 1.54) is 0 Å². The lowest BCUT2D eigenvalue weighted by Gasteiger charge is -2.09. The van der Waals surface area contributed by atoms with E-state index >= 15 is 0 Å². The normalized spacial score (nSPS) is 10.3. The molecule has 0 atom stereocenters. The second-order valence-electron chi connectivity index (χ2n) is 4.77. The number of hydrogen-bond acceptors (Lipinski definition) is 5. The van der Waals surface area contributed by atoms with Crippen LogP contribution >= 0.6 is 0 Å². The number of carbonyl (C=O) groups excluding carboxylic acids is 1. The maximum atomic E-state index is 11.9. The van der Waals surface area contributed by atoms with Gasteiger partial charge in [0.05, 0.1) is 6.61 Å². The van der Waals surface area contributed by atoms with Crippen molar-refractivity contribution in [3.05, 3.63) is 53.2 Å². The first kappa shape index (κ1) is 15.9. The maximum Gasteiger partial charge on any atom is 0.251 e. The predicted molar refractivity (Wildman–Crippen MR) is 82.8 cm³/mol. The predicted octanol–water partition coefficient (Wildman–Crippen LogP) is 1.36. The van der Waals surface area contributed by atoms with Gasteiger partial charge in [0.1, 0.15) is 5.75 Å². The Labute approximate surface area is 128 Å². The molecule has 0 saturated heterocycles. The molecule has 6 heteroatoms. The van der Waals surface area contributed by atoms with Crippen molar-refractivity contribution in [1.82, 2.24) is 10.3 Å². The number of amides is 1. The van der Waals surface area contributed by atoms with Crippen LogP contribution < -0.4 is 15.8 Å². The lowest BCUT2D eigenvalue weighted by Crippen LogP contribution is -2.26. The number of carbonyl (C=O) groups is 1. The minimum Gasteiger partial charge on any atom is -0.439 e. The fourth-order valence-corrected chi connectivity index (χ4v) is 1.97. The summed E-state index contributed by atoms with van der Waals surface area (Å²) in [5.74, 6) is 0.686. The number of aliphatic hydroxyl groups excluding tert-OH is 1. The molecule has 0 spiro atoms. The number of pyridine rings is 1. The molecular formula is C16H19N3O3. The summed E-state index contributed by atoms with van der Waals surface area (Å²) in [5.41, 5.74) is 7.84. The average Bonchev–Trinajstić information content (AvgIpc) is 2.52. The summed E-state index contributed by atoms with van der Waals surface area (Å²) >= 11 is 0. The number of nitrogens with one attached hydrogen (secondary N) is 1. The Hall–Kier alpha value is -2.44. The molecule has 1 aromatic carbocycles. The molecule has 1 heterocycles. The Morgan fingerprint density at radius 3 is 2.91 bits per heavy atom. The lowest BCUT2D eigenvalue weighted by atomic mass is 10.2. The van der Waals surface area contributed by atoms with E-state index in [4.69, 9.17) is 15.6 Å². The Kier molecular flexibility index (Phi) is 5.46. The summed E-state index contributed by atoms with van der Waals surface area (Å²) in [5, 5.41) is 11.3. The number of rotatable bonds is 6. The second kappa shape index (κ2) is 7.53. The van der Waals surface area contributed by atoms with E-state index in [2.05, 4.69) is 10.3 Å². The van der Waals surface area contributed by atoms with E-state index in [0.29, 0.717) is 23.7 Å². The molecule has 22 heavy (non-hydrogen) atoms. The second-order valence-corrected chi connectivity index (χ2v) is 4.77. The number of nitrogens with two attached hydrogens (primary N) is 1. The number of aliphatic hydroxyl groups is 1. The summed E-state index contributed by atoms with van der Waals surface area (Å²) in [4.78, 5) is 16.1. The largest absolute Gasteiger partial charge is 0.439 e. The summed E-state index contributed by atoms with van der Waals surface area (Å²) in [6, 6.07) is 10.4. The summed E-state index contributed by atoms with van der Waals surface area (Å²) in [6.45, 7) is 2.38. The molecule has 0 aliphatic rings. The van der Waals surface area contributed by atoms with Gasteiger partial charge in [-0.25, -0.2) is 4.98 Å². The Morgan fingerprint density at radius 2 is 2.18 bits per heavy atom. The number of aromatic nitrogens is 1. The topological polar surface area (TPSA) is 97.5 Å². The molecular weight excluding hydrogens is 282 g/mol. The van der Waals surface area contributed by atoms with Gasteiger partial charge in [-0.2, -0.15) is 0 Å². The van der Waals surface area contributed by atoms with Crippen LogP contribution in [0.15, 0.2) is 36.4 Å². The minimum absolute atomic E-state index is 0.100. The van der Waals surface area contributed by atoms with E-state index in [1.54, 1.807) is 30.3 Å². The highest BCUT2D eigenvalue weighted by Gasteiger charge is 2.07. The number of ether oxygens (including phenoxy) is 1. The molecule has 2 rings (SSSR count). The molecule has 0 aliphatic carbocycles. The lowest BCUT2D eigenvalue weighted by molar-refractivity contribution is 0.0944. The molecule has 6 nitrogen and oxygen atoms in total. The van der Waals surface area contributed by atoms with Crippen molar-refractivity contribution in [3.8, 4) is 11.6 Å². The smallest absolute Gasteiger partial charge is 0.251 e. The molecule has 0 radical (unpaired) electrons. The van der Waals surface area contributed by atoms with Gasteiger partial charge in [0.25, 0.3) is 5.91 Å². The van der Waals surface area contributed by atoms with E-state index < -0.39 is 0 Å². The van der Waals surface area contributed by atoms with Crippen LogP contribution in [0.2, 0.25) is 0 Å². The zero-order valence-electron chi connectivity index (χ0n) is 12.4. The SMILES string of the molecule is Cc1cc(CN)cc(Oc2cccc(C(=O)NCCO)c2)n1. The summed E-state index contributed by atoms with van der Waals surface area (Å²) < 4.78 is 5.70. The van der Waals surface area contributed by atoms with Gasteiger partial charge >= 0.3 is 0 Å². The van der Waals surface area contributed by atoms with E-state index in [-0.39, 0.29) is 19.1 Å². The van der Waals surface area contributed by atoms with Crippen LogP contribution in [0.1, 0.15) is 21.6 Å². The van der Waals surface area contributed by atoms with Crippen LogP contribution in [0.5, 0.6) is 11.6 Å². The van der Waals surface area contributed by atoms with Crippen LogP contribution in [0.3, 0.4) is 0 Å².